The lowest BCUT2D eigenvalue weighted by molar-refractivity contribution is 0.575. The van der Waals surface area contributed by atoms with Gasteiger partial charge in [0.25, 0.3) is 0 Å². The summed E-state index contributed by atoms with van der Waals surface area (Å²) in [7, 11) is 0. The molecule has 0 bridgehead atoms. The van der Waals surface area contributed by atoms with Gasteiger partial charge in [0.05, 0.1) is 5.69 Å². The van der Waals surface area contributed by atoms with Crippen molar-refractivity contribution in [3.05, 3.63) is 66.1 Å². The number of pyridine rings is 1. The molecule has 0 unspecified atom stereocenters. The first-order valence-corrected chi connectivity index (χ1v) is 12.7. The van der Waals surface area contributed by atoms with Gasteiger partial charge in [0, 0.05) is 29.7 Å². The Balaban J connectivity index is 1.46. The molecule has 2 heterocycles. The molecule has 0 radical (unpaired) electrons. The fraction of sp³-hybridized carbons (Fsp3) is 0.483. The minimum atomic E-state index is 0.791. The largest absolute Gasteiger partial charge is 0.256 e. The molecule has 0 aliphatic carbocycles. The van der Waals surface area contributed by atoms with Crippen molar-refractivity contribution in [3.63, 3.8) is 0 Å². The standard InChI is InChI=1S/C29H39N3/c1-3-5-7-8-9-10-11-12-14-25-22-31-29(32-23-25)27-18-16-26(17-19-27)28-20-15-24(21-30-28)13-6-4-2/h15-23H,3-14H2,1-2H3. The highest BCUT2D eigenvalue weighted by Crippen LogP contribution is 2.22. The van der Waals surface area contributed by atoms with Gasteiger partial charge >= 0.3 is 0 Å². The quantitative estimate of drug-likeness (QED) is 0.242. The predicted octanol–water partition coefficient (Wildman–Crippen LogP) is 8.23. The normalized spacial score (nSPS) is 11.1. The van der Waals surface area contributed by atoms with Crippen molar-refractivity contribution in [2.75, 3.05) is 0 Å². The monoisotopic (exact) mass is 429 g/mol. The average molecular weight is 430 g/mol. The van der Waals surface area contributed by atoms with E-state index in [-0.39, 0.29) is 0 Å². The van der Waals surface area contributed by atoms with Crippen molar-refractivity contribution >= 4 is 0 Å². The average Bonchev–Trinajstić information content (AvgIpc) is 2.85. The molecule has 0 N–H and O–H groups in total. The second-order valence-corrected chi connectivity index (χ2v) is 8.87. The van der Waals surface area contributed by atoms with Gasteiger partial charge in [-0.3, -0.25) is 4.98 Å². The summed E-state index contributed by atoms with van der Waals surface area (Å²) in [5.41, 5.74) is 5.74. The Bertz CT molecular complexity index is 883. The molecular formula is C29H39N3. The number of hydrogen-bond donors (Lipinski definition) is 0. The number of rotatable bonds is 14. The van der Waals surface area contributed by atoms with Crippen molar-refractivity contribution in [1.82, 2.24) is 15.0 Å². The highest BCUT2D eigenvalue weighted by atomic mass is 14.9. The van der Waals surface area contributed by atoms with E-state index < -0.39 is 0 Å². The Hall–Kier alpha value is -2.55. The van der Waals surface area contributed by atoms with E-state index in [2.05, 4.69) is 65.2 Å². The minimum Gasteiger partial charge on any atom is -0.256 e. The molecule has 0 atom stereocenters. The van der Waals surface area contributed by atoms with E-state index in [4.69, 9.17) is 0 Å². The van der Waals surface area contributed by atoms with Gasteiger partial charge < -0.3 is 0 Å². The number of aromatic nitrogens is 3. The van der Waals surface area contributed by atoms with Crippen molar-refractivity contribution < 1.29 is 0 Å². The van der Waals surface area contributed by atoms with Crippen molar-refractivity contribution in [3.8, 4) is 22.6 Å². The van der Waals surface area contributed by atoms with E-state index in [1.54, 1.807) is 0 Å². The van der Waals surface area contributed by atoms with Crippen molar-refractivity contribution in [1.29, 1.82) is 0 Å². The SMILES string of the molecule is CCCCCCCCCCc1cnc(-c2ccc(-c3ccc(CCCC)cn3)cc2)nc1. The van der Waals surface area contributed by atoms with Gasteiger partial charge in [-0.15, -0.1) is 0 Å². The van der Waals surface area contributed by atoms with Crippen LogP contribution in [-0.4, -0.2) is 15.0 Å². The van der Waals surface area contributed by atoms with E-state index in [0.717, 1.165) is 35.5 Å². The molecule has 3 aromatic rings. The molecule has 170 valence electrons. The maximum absolute atomic E-state index is 4.64. The molecule has 0 spiro atoms. The van der Waals surface area contributed by atoms with Gasteiger partial charge in [-0.05, 0) is 42.9 Å². The molecular weight excluding hydrogens is 390 g/mol. The molecule has 2 aromatic heterocycles. The van der Waals surface area contributed by atoms with Crippen LogP contribution in [0.5, 0.6) is 0 Å². The van der Waals surface area contributed by atoms with Crippen LogP contribution in [0.1, 0.15) is 89.2 Å². The van der Waals surface area contributed by atoms with E-state index in [1.165, 1.54) is 75.3 Å². The van der Waals surface area contributed by atoms with Gasteiger partial charge in [-0.2, -0.15) is 0 Å². The maximum atomic E-state index is 4.64. The summed E-state index contributed by atoms with van der Waals surface area (Å²) in [6.07, 6.45) is 21.4. The van der Waals surface area contributed by atoms with E-state index >= 15 is 0 Å². The summed E-state index contributed by atoms with van der Waals surface area (Å²) in [5.74, 6) is 0.791. The van der Waals surface area contributed by atoms with Crippen LogP contribution in [-0.2, 0) is 12.8 Å². The fourth-order valence-corrected chi connectivity index (χ4v) is 4.01. The Kier molecular flexibility index (Phi) is 10.4. The summed E-state index contributed by atoms with van der Waals surface area (Å²) in [6, 6.07) is 12.7. The topological polar surface area (TPSA) is 38.7 Å². The number of nitrogens with zero attached hydrogens (tertiary/aromatic N) is 3. The zero-order chi connectivity index (χ0) is 22.4. The second-order valence-electron chi connectivity index (χ2n) is 8.87. The zero-order valence-corrected chi connectivity index (χ0v) is 20.0. The Morgan fingerprint density at radius 2 is 1.06 bits per heavy atom. The second kappa shape index (κ2) is 13.8. The molecule has 32 heavy (non-hydrogen) atoms. The molecule has 0 saturated carbocycles. The summed E-state index contributed by atoms with van der Waals surface area (Å²) in [5, 5.41) is 0. The highest BCUT2D eigenvalue weighted by Gasteiger charge is 2.05. The molecule has 3 rings (SSSR count). The Labute approximate surface area is 194 Å². The molecule has 3 heteroatoms. The van der Waals surface area contributed by atoms with Crippen LogP contribution in [0.25, 0.3) is 22.6 Å². The lowest BCUT2D eigenvalue weighted by Gasteiger charge is -2.06. The summed E-state index contributed by atoms with van der Waals surface area (Å²) in [4.78, 5) is 13.9. The smallest absolute Gasteiger partial charge is 0.159 e. The number of aryl methyl sites for hydroxylation is 2. The van der Waals surface area contributed by atoms with Gasteiger partial charge in [0.1, 0.15) is 0 Å². The van der Waals surface area contributed by atoms with Crippen LogP contribution in [0, 0.1) is 0 Å². The third kappa shape index (κ3) is 7.85. The lowest BCUT2D eigenvalue weighted by Crippen LogP contribution is -1.94. The first-order valence-electron chi connectivity index (χ1n) is 12.7. The molecule has 0 amide bonds. The first kappa shape index (κ1) is 24.1. The van der Waals surface area contributed by atoms with E-state index in [0.29, 0.717) is 0 Å². The third-order valence-electron chi connectivity index (χ3n) is 6.11. The first-order chi connectivity index (χ1) is 15.8. The van der Waals surface area contributed by atoms with Crippen molar-refractivity contribution in [2.45, 2.75) is 90.9 Å². The molecule has 0 fully saturated rings. The minimum absolute atomic E-state index is 0.791. The van der Waals surface area contributed by atoms with Crippen LogP contribution in [0.3, 0.4) is 0 Å². The fourth-order valence-electron chi connectivity index (χ4n) is 4.01. The summed E-state index contributed by atoms with van der Waals surface area (Å²) in [6.45, 7) is 4.49. The number of hydrogen-bond acceptors (Lipinski definition) is 3. The highest BCUT2D eigenvalue weighted by molar-refractivity contribution is 5.65. The molecule has 1 aromatic carbocycles. The van der Waals surface area contributed by atoms with Crippen molar-refractivity contribution in [2.24, 2.45) is 0 Å². The van der Waals surface area contributed by atoms with Crippen LogP contribution in [0.4, 0.5) is 0 Å². The van der Waals surface area contributed by atoms with Crippen LogP contribution < -0.4 is 0 Å². The third-order valence-corrected chi connectivity index (χ3v) is 6.11. The van der Waals surface area contributed by atoms with Gasteiger partial charge in [0.15, 0.2) is 5.82 Å². The zero-order valence-electron chi connectivity index (χ0n) is 20.0. The Morgan fingerprint density at radius 3 is 1.69 bits per heavy atom. The lowest BCUT2D eigenvalue weighted by atomic mass is 10.1. The van der Waals surface area contributed by atoms with Crippen LogP contribution in [0.2, 0.25) is 0 Å². The van der Waals surface area contributed by atoms with Gasteiger partial charge in [0.2, 0.25) is 0 Å². The molecule has 0 saturated heterocycles. The molecule has 0 aliphatic heterocycles. The predicted molar refractivity (Wildman–Crippen MR) is 136 cm³/mol. The van der Waals surface area contributed by atoms with E-state index in [1.807, 2.05) is 18.6 Å². The maximum Gasteiger partial charge on any atom is 0.159 e. The van der Waals surface area contributed by atoms with Gasteiger partial charge in [-0.1, -0.05) is 95.5 Å². The van der Waals surface area contributed by atoms with E-state index in [9.17, 15) is 0 Å². The molecule has 0 aliphatic rings. The molecule has 3 nitrogen and oxygen atoms in total. The summed E-state index contributed by atoms with van der Waals surface area (Å²) >= 11 is 0. The van der Waals surface area contributed by atoms with Crippen LogP contribution >= 0.6 is 0 Å². The number of unbranched alkanes of at least 4 members (excludes halogenated alkanes) is 8. The van der Waals surface area contributed by atoms with Crippen LogP contribution in [0.15, 0.2) is 55.0 Å². The Morgan fingerprint density at radius 1 is 0.500 bits per heavy atom. The number of benzene rings is 1. The summed E-state index contributed by atoms with van der Waals surface area (Å²) < 4.78 is 0. The van der Waals surface area contributed by atoms with Gasteiger partial charge in [-0.25, -0.2) is 9.97 Å².